The maximum atomic E-state index is 11.0. The lowest BCUT2D eigenvalue weighted by molar-refractivity contribution is -0.210. The lowest BCUT2D eigenvalue weighted by atomic mass is 10.1. The molecule has 0 radical (unpaired) electrons. The SMILES string of the molecule is CC(=O)OOc1cccc(C(C)=O)c1. The third kappa shape index (κ3) is 2.90. The van der Waals surface area contributed by atoms with E-state index in [1.807, 2.05) is 0 Å². The Hall–Kier alpha value is -1.84. The highest BCUT2D eigenvalue weighted by Crippen LogP contribution is 2.13. The first-order valence-electron chi connectivity index (χ1n) is 4.05. The summed E-state index contributed by atoms with van der Waals surface area (Å²) in [6.45, 7) is 2.68. The van der Waals surface area contributed by atoms with E-state index in [2.05, 4.69) is 9.78 Å². The van der Waals surface area contributed by atoms with Crippen LogP contribution in [-0.2, 0) is 9.68 Å². The van der Waals surface area contributed by atoms with Crippen LogP contribution in [0.3, 0.4) is 0 Å². The van der Waals surface area contributed by atoms with E-state index in [1.54, 1.807) is 18.2 Å². The molecule has 14 heavy (non-hydrogen) atoms. The number of hydrogen-bond acceptors (Lipinski definition) is 4. The fraction of sp³-hybridized carbons (Fsp3) is 0.200. The van der Waals surface area contributed by atoms with Crippen molar-refractivity contribution < 1.29 is 19.4 Å². The summed E-state index contributed by atoms with van der Waals surface area (Å²) in [6, 6.07) is 6.40. The topological polar surface area (TPSA) is 52.6 Å². The number of ketones is 1. The molecule has 1 aromatic carbocycles. The van der Waals surface area contributed by atoms with E-state index < -0.39 is 5.97 Å². The summed E-state index contributed by atoms with van der Waals surface area (Å²) in [6.07, 6.45) is 0. The summed E-state index contributed by atoms with van der Waals surface area (Å²) in [5.74, 6) is -0.288. The van der Waals surface area contributed by atoms with Gasteiger partial charge in [0.05, 0.1) is 0 Å². The summed E-state index contributed by atoms with van der Waals surface area (Å²) >= 11 is 0. The van der Waals surface area contributed by atoms with Gasteiger partial charge in [-0.2, -0.15) is 0 Å². The van der Waals surface area contributed by atoms with Crippen molar-refractivity contribution in [3.8, 4) is 5.75 Å². The number of rotatable bonds is 3. The Morgan fingerprint density at radius 2 is 1.93 bits per heavy atom. The van der Waals surface area contributed by atoms with Crippen molar-refractivity contribution in [1.29, 1.82) is 0 Å². The van der Waals surface area contributed by atoms with Crippen LogP contribution in [0.25, 0.3) is 0 Å². The Balaban J connectivity index is 2.73. The number of hydrogen-bond donors (Lipinski definition) is 0. The van der Waals surface area contributed by atoms with E-state index in [-0.39, 0.29) is 5.78 Å². The van der Waals surface area contributed by atoms with Crippen LogP contribution in [-0.4, -0.2) is 11.8 Å². The van der Waals surface area contributed by atoms with Gasteiger partial charge in [0.1, 0.15) is 0 Å². The molecule has 0 aliphatic rings. The first-order chi connectivity index (χ1) is 6.59. The molecule has 0 aliphatic heterocycles. The first-order valence-corrected chi connectivity index (χ1v) is 4.05. The summed E-state index contributed by atoms with van der Waals surface area (Å²) in [4.78, 5) is 30.4. The number of benzene rings is 1. The highest BCUT2D eigenvalue weighted by molar-refractivity contribution is 5.94. The first kappa shape index (κ1) is 10.2. The molecule has 4 heteroatoms. The Bertz CT molecular complexity index is 357. The molecule has 0 unspecified atom stereocenters. The monoisotopic (exact) mass is 194 g/mol. The van der Waals surface area contributed by atoms with E-state index >= 15 is 0 Å². The van der Waals surface area contributed by atoms with Crippen molar-refractivity contribution in [2.75, 3.05) is 0 Å². The van der Waals surface area contributed by atoms with Crippen LogP contribution < -0.4 is 4.89 Å². The van der Waals surface area contributed by atoms with E-state index in [0.29, 0.717) is 11.3 Å². The minimum atomic E-state index is -0.543. The molecule has 0 N–H and O–H groups in total. The molecule has 0 saturated carbocycles. The van der Waals surface area contributed by atoms with Crippen molar-refractivity contribution in [3.05, 3.63) is 29.8 Å². The fourth-order valence-electron chi connectivity index (χ4n) is 0.874. The molecule has 0 bridgehead atoms. The standard InChI is InChI=1S/C10H10O4/c1-7(11)9-4-3-5-10(6-9)14-13-8(2)12/h3-6H,1-2H3. The quantitative estimate of drug-likeness (QED) is 0.418. The lowest BCUT2D eigenvalue weighted by Gasteiger charge is -2.02. The molecule has 0 aliphatic carbocycles. The van der Waals surface area contributed by atoms with Crippen LogP contribution in [0.1, 0.15) is 24.2 Å². The van der Waals surface area contributed by atoms with Gasteiger partial charge in [-0.3, -0.25) is 14.6 Å². The third-order valence-electron chi connectivity index (χ3n) is 1.50. The molecule has 0 atom stereocenters. The van der Waals surface area contributed by atoms with Gasteiger partial charge in [0, 0.05) is 12.5 Å². The molecule has 0 spiro atoms. The van der Waals surface area contributed by atoms with Gasteiger partial charge in [-0.25, -0.2) is 4.79 Å². The maximum absolute atomic E-state index is 11.0. The normalized spacial score (nSPS) is 9.29. The van der Waals surface area contributed by atoms with Gasteiger partial charge in [0.2, 0.25) is 0 Å². The molecule has 0 heterocycles. The molecule has 0 saturated heterocycles. The molecule has 0 amide bonds. The van der Waals surface area contributed by atoms with Crippen LogP contribution in [0.2, 0.25) is 0 Å². The third-order valence-corrected chi connectivity index (χ3v) is 1.50. The van der Waals surface area contributed by atoms with E-state index in [9.17, 15) is 9.59 Å². The smallest absolute Gasteiger partial charge is 0.295 e. The second kappa shape index (κ2) is 4.41. The van der Waals surface area contributed by atoms with Crippen LogP contribution in [0.15, 0.2) is 24.3 Å². The number of Topliss-reactive ketones (excluding diaryl/α,β-unsaturated/α-hetero) is 1. The average molecular weight is 194 g/mol. The minimum absolute atomic E-state index is 0.0710. The number of carbonyl (C=O) groups is 2. The molecule has 74 valence electrons. The molecule has 1 aromatic rings. The van der Waals surface area contributed by atoms with E-state index in [0.717, 1.165) is 0 Å². The van der Waals surface area contributed by atoms with Crippen LogP contribution >= 0.6 is 0 Å². The highest BCUT2D eigenvalue weighted by atomic mass is 17.2. The average Bonchev–Trinajstić information content (AvgIpc) is 2.15. The van der Waals surface area contributed by atoms with Crippen molar-refractivity contribution in [1.82, 2.24) is 0 Å². The van der Waals surface area contributed by atoms with Gasteiger partial charge in [0.25, 0.3) is 0 Å². The fourth-order valence-corrected chi connectivity index (χ4v) is 0.874. The predicted molar refractivity (Wildman–Crippen MR) is 48.8 cm³/mol. The number of carbonyl (C=O) groups excluding carboxylic acids is 2. The molecule has 0 aromatic heterocycles. The highest BCUT2D eigenvalue weighted by Gasteiger charge is 2.02. The molecule has 1 rings (SSSR count). The molecule has 4 nitrogen and oxygen atoms in total. The van der Waals surface area contributed by atoms with Crippen LogP contribution in [0.4, 0.5) is 0 Å². The second-order valence-electron chi connectivity index (χ2n) is 2.74. The van der Waals surface area contributed by atoms with Gasteiger partial charge in [-0.05, 0) is 19.1 Å². The summed E-state index contributed by atoms with van der Waals surface area (Å²) in [5.41, 5.74) is 0.509. The van der Waals surface area contributed by atoms with Gasteiger partial charge >= 0.3 is 5.97 Å². The molecule has 0 fully saturated rings. The largest absolute Gasteiger partial charge is 0.352 e. The van der Waals surface area contributed by atoms with E-state index in [1.165, 1.54) is 19.9 Å². The van der Waals surface area contributed by atoms with Crippen molar-refractivity contribution in [3.63, 3.8) is 0 Å². The van der Waals surface area contributed by atoms with Gasteiger partial charge in [-0.15, -0.1) is 0 Å². The Kier molecular flexibility index (Phi) is 3.23. The predicted octanol–water partition coefficient (Wildman–Crippen LogP) is 1.75. The Morgan fingerprint density at radius 3 is 2.50 bits per heavy atom. The van der Waals surface area contributed by atoms with Gasteiger partial charge in [-0.1, -0.05) is 12.1 Å². The molecular formula is C10H10O4. The minimum Gasteiger partial charge on any atom is -0.295 e. The van der Waals surface area contributed by atoms with Gasteiger partial charge < -0.3 is 0 Å². The summed E-state index contributed by atoms with van der Waals surface area (Å²) in [5, 5.41) is 0. The van der Waals surface area contributed by atoms with Crippen molar-refractivity contribution in [2.45, 2.75) is 13.8 Å². The van der Waals surface area contributed by atoms with E-state index in [4.69, 9.17) is 0 Å². The summed E-state index contributed by atoms with van der Waals surface area (Å²) < 4.78 is 0. The zero-order valence-corrected chi connectivity index (χ0v) is 7.94. The van der Waals surface area contributed by atoms with Crippen LogP contribution in [0.5, 0.6) is 5.75 Å². The van der Waals surface area contributed by atoms with Crippen LogP contribution in [0, 0.1) is 0 Å². The molecular weight excluding hydrogens is 184 g/mol. The second-order valence-corrected chi connectivity index (χ2v) is 2.74. The van der Waals surface area contributed by atoms with Crippen molar-refractivity contribution in [2.24, 2.45) is 0 Å². The lowest BCUT2D eigenvalue weighted by Crippen LogP contribution is -2.03. The zero-order chi connectivity index (χ0) is 10.6. The summed E-state index contributed by atoms with van der Waals surface area (Å²) in [7, 11) is 0. The Labute approximate surface area is 81.4 Å². The zero-order valence-electron chi connectivity index (χ0n) is 7.94. The van der Waals surface area contributed by atoms with Crippen molar-refractivity contribution >= 4 is 11.8 Å². The van der Waals surface area contributed by atoms with Gasteiger partial charge in [0.15, 0.2) is 11.5 Å². The Morgan fingerprint density at radius 1 is 1.21 bits per heavy atom. The maximum Gasteiger partial charge on any atom is 0.352 e.